The number of nitrogens with two attached hydrogens (primary N) is 1. The summed E-state index contributed by atoms with van der Waals surface area (Å²) in [6.07, 6.45) is 0.302. The number of benzene rings is 1. The van der Waals surface area contributed by atoms with Crippen molar-refractivity contribution in [2.75, 3.05) is 12.3 Å². The van der Waals surface area contributed by atoms with Crippen LogP contribution >= 0.6 is 11.8 Å². The van der Waals surface area contributed by atoms with E-state index < -0.39 is 0 Å². The quantitative estimate of drug-likeness (QED) is 0.640. The Morgan fingerprint density at radius 3 is 2.58 bits per heavy atom. The third kappa shape index (κ3) is 3.96. The molecule has 0 aromatic heterocycles. The predicted octanol–water partition coefficient (Wildman–Crippen LogP) is -1.99. The van der Waals surface area contributed by atoms with E-state index in [2.05, 4.69) is 0 Å². The molecule has 1 atom stereocenters. The summed E-state index contributed by atoms with van der Waals surface area (Å²) in [5.74, 6) is 0.545. The maximum absolute atomic E-state index is 12.1. The number of thioether (sulfide) groups is 1. The van der Waals surface area contributed by atoms with Gasteiger partial charge in [0, 0.05) is 18.7 Å². The molecule has 1 aliphatic rings. The van der Waals surface area contributed by atoms with Gasteiger partial charge in [-0.05, 0) is 5.56 Å². The number of carbonyl (C=O) groups excluding carboxylic acids is 2. The number of likely N-dealkylation sites (tertiary alicyclic amines) is 1. The van der Waals surface area contributed by atoms with Gasteiger partial charge in [-0.2, -0.15) is 0 Å². The summed E-state index contributed by atoms with van der Waals surface area (Å²) in [6.45, 7) is 0.902. The van der Waals surface area contributed by atoms with E-state index in [1.165, 1.54) is 16.7 Å². The second-order valence-electron chi connectivity index (χ2n) is 4.16. The minimum atomic E-state index is -0.246. The summed E-state index contributed by atoms with van der Waals surface area (Å²) in [6, 6.07) is 9.56. The van der Waals surface area contributed by atoms with Crippen molar-refractivity contribution in [2.45, 2.75) is 18.2 Å². The summed E-state index contributed by atoms with van der Waals surface area (Å²) >= 11 is 1.47. The molecule has 0 spiro atoms. The van der Waals surface area contributed by atoms with Gasteiger partial charge in [-0.3, -0.25) is 14.5 Å². The third-order valence-corrected chi connectivity index (χ3v) is 4.07. The van der Waals surface area contributed by atoms with Gasteiger partial charge in [0.05, 0.1) is 11.8 Å². The maximum Gasteiger partial charge on any atom is 0.243 e. The van der Waals surface area contributed by atoms with Crippen molar-refractivity contribution in [3.63, 3.8) is 0 Å². The van der Waals surface area contributed by atoms with E-state index in [9.17, 15) is 9.59 Å². The number of hydrogen-bond donors (Lipinski definition) is 1. The van der Waals surface area contributed by atoms with Crippen LogP contribution in [0.2, 0.25) is 0 Å². The molecule has 0 bridgehead atoms. The Labute approximate surface area is 123 Å². The first-order valence-corrected chi connectivity index (χ1v) is 6.97. The molecule has 1 aliphatic heterocycles. The molecule has 1 unspecified atom stereocenters. The number of carbonyl (C=O) groups is 2. The summed E-state index contributed by atoms with van der Waals surface area (Å²) in [5.41, 5.74) is 6.39. The summed E-state index contributed by atoms with van der Waals surface area (Å²) in [7, 11) is 0. The Morgan fingerprint density at radius 2 is 1.95 bits per heavy atom. The average Bonchev–Trinajstić information content (AvgIpc) is 2.65. The first-order valence-electron chi connectivity index (χ1n) is 5.92. The van der Waals surface area contributed by atoms with E-state index in [1.807, 2.05) is 30.3 Å². The normalized spacial score (nSPS) is 18.6. The Morgan fingerprint density at radius 1 is 1.26 bits per heavy atom. The molecule has 6 heteroatoms. The van der Waals surface area contributed by atoms with Crippen LogP contribution in [0.5, 0.6) is 0 Å². The van der Waals surface area contributed by atoms with Gasteiger partial charge in [-0.25, -0.2) is 0 Å². The number of imide groups is 1. The molecule has 2 N–H and O–H groups in total. The molecule has 104 valence electrons. The fraction of sp³-hybridized carbons (Fsp3) is 0.385. The van der Waals surface area contributed by atoms with Crippen molar-refractivity contribution in [1.29, 1.82) is 0 Å². The monoisotopic (exact) mass is 299 g/mol. The highest BCUT2D eigenvalue weighted by molar-refractivity contribution is 8.00. The molecule has 0 aliphatic carbocycles. The van der Waals surface area contributed by atoms with Gasteiger partial charge in [0.2, 0.25) is 11.8 Å². The fourth-order valence-electron chi connectivity index (χ4n) is 1.93. The molecule has 19 heavy (non-hydrogen) atoms. The van der Waals surface area contributed by atoms with Crippen LogP contribution in [-0.4, -0.2) is 34.3 Å². The molecular weight excluding hydrogens is 284 g/mol. The lowest BCUT2D eigenvalue weighted by atomic mass is 10.2. The van der Waals surface area contributed by atoms with E-state index in [0.717, 1.165) is 5.56 Å². The Bertz CT molecular complexity index is 442. The maximum atomic E-state index is 12.1. The molecule has 1 heterocycles. The van der Waals surface area contributed by atoms with Gasteiger partial charge in [-0.15, -0.1) is 11.8 Å². The number of nitrogens with zero attached hydrogens (tertiary/aromatic N) is 1. The van der Waals surface area contributed by atoms with Crippen LogP contribution in [0.3, 0.4) is 0 Å². The second-order valence-corrected chi connectivity index (χ2v) is 5.47. The fourth-order valence-corrected chi connectivity index (χ4v) is 2.88. The highest BCUT2D eigenvalue weighted by Crippen LogP contribution is 2.26. The van der Waals surface area contributed by atoms with Crippen LogP contribution < -0.4 is 18.1 Å². The van der Waals surface area contributed by atoms with E-state index in [1.54, 1.807) is 0 Å². The van der Waals surface area contributed by atoms with Gasteiger partial charge in [0.1, 0.15) is 0 Å². The van der Waals surface area contributed by atoms with Crippen molar-refractivity contribution in [1.82, 2.24) is 4.90 Å². The zero-order valence-electron chi connectivity index (χ0n) is 10.4. The summed E-state index contributed by atoms with van der Waals surface area (Å²) in [4.78, 5) is 25.2. The third-order valence-electron chi connectivity index (χ3n) is 2.82. The van der Waals surface area contributed by atoms with Crippen LogP contribution in [0.1, 0.15) is 12.0 Å². The van der Waals surface area contributed by atoms with E-state index in [-0.39, 0.29) is 29.5 Å². The SMILES string of the molecule is NCCSC1CC(=O)N(Cc2ccccc2)C1=O.[Cl-]. The van der Waals surface area contributed by atoms with E-state index >= 15 is 0 Å². The highest BCUT2D eigenvalue weighted by atomic mass is 35.5. The van der Waals surface area contributed by atoms with Crippen LogP contribution in [0, 0.1) is 0 Å². The van der Waals surface area contributed by atoms with Crippen LogP contribution in [0.4, 0.5) is 0 Å². The van der Waals surface area contributed by atoms with E-state index in [0.29, 0.717) is 25.3 Å². The average molecular weight is 300 g/mol. The molecule has 1 fully saturated rings. The Kier molecular flexibility index (Phi) is 6.34. The lowest BCUT2D eigenvalue weighted by Crippen LogP contribution is -3.00. The highest BCUT2D eigenvalue weighted by Gasteiger charge is 2.38. The molecule has 1 saturated heterocycles. The van der Waals surface area contributed by atoms with Crippen molar-refractivity contribution in [3.05, 3.63) is 35.9 Å². The number of amides is 2. The number of hydrogen-bond acceptors (Lipinski definition) is 4. The van der Waals surface area contributed by atoms with Gasteiger partial charge in [0.25, 0.3) is 0 Å². The Hall–Kier alpha value is -1.04. The van der Waals surface area contributed by atoms with Gasteiger partial charge in [0.15, 0.2) is 0 Å². The molecule has 1 aromatic rings. The number of rotatable bonds is 5. The molecule has 0 saturated carbocycles. The zero-order chi connectivity index (χ0) is 13.0. The molecule has 0 radical (unpaired) electrons. The minimum absolute atomic E-state index is 0. The molecule has 2 rings (SSSR count). The topological polar surface area (TPSA) is 63.4 Å². The van der Waals surface area contributed by atoms with Crippen molar-refractivity contribution < 1.29 is 22.0 Å². The van der Waals surface area contributed by atoms with Gasteiger partial charge in [-0.1, -0.05) is 30.3 Å². The molecule has 1 aromatic carbocycles. The largest absolute Gasteiger partial charge is 1.00 e. The standard InChI is InChI=1S/C13H16N2O2S.ClH/c14-6-7-18-11-8-12(16)15(13(11)17)9-10-4-2-1-3-5-10;/h1-5,11H,6-9,14H2;1H/p-1. The lowest BCUT2D eigenvalue weighted by molar-refractivity contribution is -0.138. The zero-order valence-corrected chi connectivity index (χ0v) is 12.0. The number of halogens is 1. The Balaban J connectivity index is 0.00000180. The summed E-state index contributed by atoms with van der Waals surface area (Å²) < 4.78 is 0. The van der Waals surface area contributed by atoms with E-state index in [4.69, 9.17) is 5.73 Å². The second kappa shape index (κ2) is 7.53. The first-order chi connectivity index (χ1) is 8.72. The van der Waals surface area contributed by atoms with Crippen molar-refractivity contribution in [3.8, 4) is 0 Å². The molecular formula is C13H16ClN2O2S-. The summed E-state index contributed by atoms with van der Waals surface area (Å²) in [5, 5.41) is -0.246. The van der Waals surface area contributed by atoms with Crippen LogP contribution in [0.25, 0.3) is 0 Å². The minimum Gasteiger partial charge on any atom is -1.00 e. The van der Waals surface area contributed by atoms with Crippen LogP contribution in [-0.2, 0) is 16.1 Å². The predicted molar refractivity (Wildman–Crippen MR) is 71.9 cm³/mol. The smallest absolute Gasteiger partial charge is 0.243 e. The van der Waals surface area contributed by atoms with Gasteiger partial charge >= 0.3 is 0 Å². The molecule has 2 amide bonds. The van der Waals surface area contributed by atoms with Gasteiger partial charge < -0.3 is 18.1 Å². The van der Waals surface area contributed by atoms with Crippen molar-refractivity contribution in [2.24, 2.45) is 5.73 Å². The first kappa shape index (κ1) is 16.0. The lowest BCUT2D eigenvalue weighted by Gasteiger charge is -2.14. The molecule has 4 nitrogen and oxygen atoms in total. The van der Waals surface area contributed by atoms with Crippen LogP contribution in [0.15, 0.2) is 30.3 Å². The van der Waals surface area contributed by atoms with Crippen molar-refractivity contribution >= 4 is 23.6 Å².